The Balaban J connectivity index is 1.73. The summed E-state index contributed by atoms with van der Waals surface area (Å²) in [7, 11) is 0. The summed E-state index contributed by atoms with van der Waals surface area (Å²) in [6.45, 7) is 7.34. The molecule has 27 heavy (non-hydrogen) atoms. The SMILES string of the molecule is C=C(C(N)=O)c1ccc(-c2csc(C(C)C(=O)Nc3ncc(C)s3)n2)cn1. The molecule has 0 aliphatic carbocycles. The molecule has 1 unspecified atom stereocenters. The van der Waals surface area contributed by atoms with Crippen LogP contribution in [0.15, 0.2) is 36.5 Å². The lowest BCUT2D eigenvalue weighted by atomic mass is 10.1. The average Bonchev–Trinajstić information content (AvgIpc) is 3.29. The molecule has 0 spiro atoms. The van der Waals surface area contributed by atoms with Gasteiger partial charge in [-0.05, 0) is 26.0 Å². The van der Waals surface area contributed by atoms with Crippen LogP contribution in [0.4, 0.5) is 5.13 Å². The van der Waals surface area contributed by atoms with E-state index in [0.29, 0.717) is 21.5 Å². The van der Waals surface area contributed by atoms with Gasteiger partial charge in [0.25, 0.3) is 0 Å². The smallest absolute Gasteiger partial charge is 0.250 e. The van der Waals surface area contributed by atoms with Gasteiger partial charge in [0, 0.05) is 28.2 Å². The Morgan fingerprint density at radius 3 is 2.63 bits per heavy atom. The topological polar surface area (TPSA) is 111 Å². The zero-order chi connectivity index (χ0) is 19.6. The Labute approximate surface area is 164 Å². The maximum Gasteiger partial charge on any atom is 0.250 e. The van der Waals surface area contributed by atoms with Crippen LogP contribution in [-0.2, 0) is 9.59 Å². The van der Waals surface area contributed by atoms with E-state index in [1.165, 1.54) is 22.7 Å². The third-order valence-corrected chi connectivity index (χ3v) is 5.66. The number of anilines is 1. The number of primary amides is 1. The molecule has 3 heterocycles. The zero-order valence-corrected chi connectivity index (χ0v) is 16.4. The highest BCUT2D eigenvalue weighted by molar-refractivity contribution is 7.15. The lowest BCUT2D eigenvalue weighted by molar-refractivity contribution is -0.117. The van der Waals surface area contributed by atoms with Crippen LogP contribution in [0.5, 0.6) is 0 Å². The second-order valence-electron chi connectivity index (χ2n) is 5.83. The summed E-state index contributed by atoms with van der Waals surface area (Å²) >= 11 is 2.83. The van der Waals surface area contributed by atoms with Crippen molar-refractivity contribution < 1.29 is 9.59 Å². The number of hydrogen-bond donors (Lipinski definition) is 2. The number of thiazole rings is 2. The van der Waals surface area contributed by atoms with Crippen molar-refractivity contribution in [2.45, 2.75) is 19.8 Å². The second-order valence-corrected chi connectivity index (χ2v) is 7.96. The van der Waals surface area contributed by atoms with E-state index in [2.05, 4.69) is 26.8 Å². The quantitative estimate of drug-likeness (QED) is 0.618. The highest BCUT2D eigenvalue weighted by Gasteiger charge is 2.20. The minimum atomic E-state index is -0.610. The molecule has 0 saturated carbocycles. The van der Waals surface area contributed by atoms with Crippen molar-refractivity contribution in [3.05, 3.63) is 52.1 Å². The van der Waals surface area contributed by atoms with Gasteiger partial charge >= 0.3 is 0 Å². The van der Waals surface area contributed by atoms with Crippen molar-refractivity contribution in [1.82, 2.24) is 15.0 Å². The largest absolute Gasteiger partial charge is 0.366 e. The van der Waals surface area contributed by atoms with Gasteiger partial charge in [0.2, 0.25) is 11.8 Å². The van der Waals surface area contributed by atoms with E-state index >= 15 is 0 Å². The van der Waals surface area contributed by atoms with Crippen LogP contribution in [0.2, 0.25) is 0 Å². The first-order chi connectivity index (χ1) is 12.8. The molecule has 0 aliphatic rings. The molecular formula is C18H17N5O2S2. The Kier molecular flexibility index (Phi) is 5.43. The molecule has 9 heteroatoms. The number of nitrogens with zero attached hydrogens (tertiary/aromatic N) is 3. The number of rotatable bonds is 6. The molecule has 2 amide bonds. The van der Waals surface area contributed by atoms with Gasteiger partial charge in [0.15, 0.2) is 5.13 Å². The molecule has 0 bridgehead atoms. The van der Waals surface area contributed by atoms with Gasteiger partial charge in [-0.25, -0.2) is 9.97 Å². The fraction of sp³-hybridized carbons (Fsp3) is 0.167. The zero-order valence-electron chi connectivity index (χ0n) is 14.7. The van der Waals surface area contributed by atoms with Crippen molar-refractivity contribution in [2.75, 3.05) is 5.32 Å². The molecule has 0 aliphatic heterocycles. The van der Waals surface area contributed by atoms with E-state index in [1.807, 2.05) is 12.3 Å². The van der Waals surface area contributed by atoms with Crippen LogP contribution in [0.1, 0.15) is 28.4 Å². The predicted molar refractivity (Wildman–Crippen MR) is 107 cm³/mol. The van der Waals surface area contributed by atoms with Gasteiger partial charge in [0.05, 0.1) is 22.9 Å². The Morgan fingerprint density at radius 2 is 2.04 bits per heavy atom. The number of nitrogens with two attached hydrogens (primary N) is 1. The van der Waals surface area contributed by atoms with E-state index in [9.17, 15) is 9.59 Å². The van der Waals surface area contributed by atoms with Gasteiger partial charge in [-0.2, -0.15) is 0 Å². The highest BCUT2D eigenvalue weighted by Crippen LogP contribution is 2.28. The molecule has 138 valence electrons. The molecular weight excluding hydrogens is 382 g/mol. The van der Waals surface area contributed by atoms with Crippen molar-refractivity contribution >= 4 is 45.2 Å². The number of hydrogen-bond acceptors (Lipinski definition) is 7. The van der Waals surface area contributed by atoms with Crippen molar-refractivity contribution in [3.63, 3.8) is 0 Å². The third-order valence-electron chi connectivity index (χ3n) is 3.80. The molecule has 0 saturated heterocycles. The molecule has 3 rings (SSSR count). The Bertz CT molecular complexity index is 1010. The summed E-state index contributed by atoms with van der Waals surface area (Å²) in [5.41, 5.74) is 7.28. The van der Waals surface area contributed by atoms with E-state index in [-0.39, 0.29) is 11.5 Å². The first kappa shape index (κ1) is 18.9. The Morgan fingerprint density at radius 1 is 1.26 bits per heavy atom. The first-order valence-corrected chi connectivity index (χ1v) is 9.69. The highest BCUT2D eigenvalue weighted by atomic mass is 32.1. The third kappa shape index (κ3) is 4.26. The van der Waals surface area contributed by atoms with Crippen LogP contribution >= 0.6 is 22.7 Å². The van der Waals surface area contributed by atoms with Gasteiger partial charge in [-0.15, -0.1) is 22.7 Å². The number of carbonyl (C=O) groups is 2. The van der Waals surface area contributed by atoms with Crippen LogP contribution < -0.4 is 11.1 Å². The minimum absolute atomic E-state index is 0.156. The van der Waals surface area contributed by atoms with Crippen LogP contribution in [0, 0.1) is 6.92 Å². The number of aromatic nitrogens is 3. The number of nitrogens with one attached hydrogen (secondary N) is 1. The minimum Gasteiger partial charge on any atom is -0.366 e. The van der Waals surface area contributed by atoms with Gasteiger partial charge < -0.3 is 11.1 Å². The summed E-state index contributed by atoms with van der Waals surface area (Å²) in [6, 6.07) is 3.46. The van der Waals surface area contributed by atoms with Crippen LogP contribution in [0.25, 0.3) is 16.8 Å². The molecule has 0 fully saturated rings. The number of aryl methyl sites for hydroxylation is 1. The van der Waals surface area contributed by atoms with E-state index in [1.54, 1.807) is 31.5 Å². The molecule has 7 nitrogen and oxygen atoms in total. The maximum absolute atomic E-state index is 12.4. The number of pyridine rings is 1. The Hall–Kier alpha value is -2.91. The molecule has 0 aromatic carbocycles. The molecule has 3 aromatic rings. The van der Waals surface area contributed by atoms with Crippen LogP contribution in [-0.4, -0.2) is 26.8 Å². The number of carbonyl (C=O) groups excluding carboxylic acids is 2. The van der Waals surface area contributed by atoms with Crippen molar-refractivity contribution in [3.8, 4) is 11.3 Å². The fourth-order valence-electron chi connectivity index (χ4n) is 2.21. The van der Waals surface area contributed by atoms with Gasteiger partial charge in [-0.3, -0.25) is 14.6 Å². The fourth-order valence-corrected chi connectivity index (χ4v) is 3.76. The molecule has 3 aromatic heterocycles. The van der Waals surface area contributed by atoms with Crippen molar-refractivity contribution in [1.29, 1.82) is 0 Å². The normalized spacial score (nSPS) is 11.8. The standard InChI is InChI=1S/C18H17N5O2S2/c1-9-6-21-18(27-9)23-16(25)11(3)17-22-14(8-26-17)12-4-5-13(20-7-12)10(2)15(19)24/h4-8,11H,2H2,1,3H3,(H2,19,24)(H,21,23,25). The summed E-state index contributed by atoms with van der Waals surface area (Å²) in [5.74, 6) is -1.17. The first-order valence-electron chi connectivity index (χ1n) is 7.99. The summed E-state index contributed by atoms with van der Waals surface area (Å²) in [6.07, 6.45) is 3.32. The van der Waals surface area contributed by atoms with Crippen LogP contribution in [0.3, 0.4) is 0 Å². The average molecular weight is 400 g/mol. The lowest BCUT2D eigenvalue weighted by Gasteiger charge is -2.07. The summed E-state index contributed by atoms with van der Waals surface area (Å²) in [5, 5.41) is 5.95. The van der Waals surface area contributed by atoms with E-state index in [4.69, 9.17) is 5.73 Å². The van der Waals surface area contributed by atoms with Gasteiger partial charge in [0.1, 0.15) is 5.01 Å². The van der Waals surface area contributed by atoms with E-state index < -0.39 is 11.8 Å². The molecule has 3 N–H and O–H groups in total. The monoisotopic (exact) mass is 399 g/mol. The van der Waals surface area contributed by atoms with Gasteiger partial charge in [-0.1, -0.05) is 6.58 Å². The predicted octanol–water partition coefficient (Wildman–Crippen LogP) is 3.21. The summed E-state index contributed by atoms with van der Waals surface area (Å²) < 4.78 is 0. The molecule has 0 radical (unpaired) electrons. The lowest BCUT2D eigenvalue weighted by Crippen LogP contribution is -2.18. The van der Waals surface area contributed by atoms with E-state index in [0.717, 1.165) is 10.4 Å². The second kappa shape index (κ2) is 7.77. The van der Waals surface area contributed by atoms with Crippen molar-refractivity contribution in [2.24, 2.45) is 5.73 Å². The number of amides is 2. The maximum atomic E-state index is 12.4. The summed E-state index contributed by atoms with van der Waals surface area (Å²) in [4.78, 5) is 37.5. The molecule has 1 atom stereocenters.